The minimum atomic E-state index is -0.390. The van der Waals surface area contributed by atoms with Crippen LogP contribution in [-0.2, 0) is 9.53 Å². The topological polar surface area (TPSA) is 74.8 Å². The highest BCUT2D eigenvalue weighted by molar-refractivity contribution is 7.17. The van der Waals surface area contributed by atoms with Gasteiger partial charge >= 0.3 is 5.97 Å². The lowest BCUT2D eigenvalue weighted by Crippen LogP contribution is -2.45. The summed E-state index contributed by atoms with van der Waals surface area (Å²) in [7, 11) is 0. The van der Waals surface area contributed by atoms with E-state index >= 15 is 0 Å². The molecule has 0 saturated carbocycles. The van der Waals surface area contributed by atoms with E-state index in [1.165, 1.54) is 24.2 Å². The number of likely N-dealkylation sites (tertiary alicyclic amines) is 2. The van der Waals surface area contributed by atoms with Gasteiger partial charge in [0.1, 0.15) is 11.0 Å². The molecule has 4 rings (SSSR count). The first-order chi connectivity index (χ1) is 13.5. The van der Waals surface area contributed by atoms with Crippen molar-refractivity contribution in [1.82, 2.24) is 14.8 Å². The number of carbonyl (C=O) groups excluding carboxylic acids is 2. The Kier molecular flexibility index (Phi) is 5.60. The van der Waals surface area contributed by atoms with Crippen LogP contribution in [0.25, 0.3) is 0 Å². The second-order valence-electron chi connectivity index (χ2n) is 8.28. The summed E-state index contributed by atoms with van der Waals surface area (Å²) in [5.74, 6) is -0.0128. The number of anilines is 1. The van der Waals surface area contributed by atoms with Gasteiger partial charge in [0.25, 0.3) is 5.91 Å². The van der Waals surface area contributed by atoms with Crippen LogP contribution in [0.4, 0.5) is 5.13 Å². The minimum absolute atomic E-state index is 0.0132. The fourth-order valence-electron chi connectivity index (χ4n) is 4.70. The van der Waals surface area contributed by atoms with Gasteiger partial charge in [0, 0.05) is 32.6 Å². The largest absolute Gasteiger partial charge is 0.461 e. The number of ether oxygens (including phenoxy) is 1. The number of thiazole rings is 1. The third kappa shape index (κ3) is 3.76. The van der Waals surface area contributed by atoms with Crippen molar-refractivity contribution < 1.29 is 14.3 Å². The van der Waals surface area contributed by atoms with E-state index in [4.69, 9.17) is 4.74 Å². The molecule has 7 nitrogen and oxygen atoms in total. The van der Waals surface area contributed by atoms with Crippen LogP contribution in [0.1, 0.15) is 54.4 Å². The van der Waals surface area contributed by atoms with E-state index in [-0.39, 0.29) is 18.0 Å². The number of nitrogens with zero attached hydrogens (tertiary/aromatic N) is 3. The molecule has 3 fully saturated rings. The average Bonchev–Trinajstić information content (AvgIpc) is 3.37. The third-order valence-corrected chi connectivity index (χ3v) is 7.42. The molecule has 4 heterocycles. The highest BCUT2D eigenvalue weighted by Crippen LogP contribution is 2.43. The van der Waals surface area contributed by atoms with Gasteiger partial charge < -0.3 is 15.0 Å². The Labute approximate surface area is 170 Å². The number of hydrogen-bond acceptors (Lipinski definition) is 7. The molecule has 154 valence electrons. The van der Waals surface area contributed by atoms with Crippen LogP contribution in [0, 0.1) is 12.3 Å². The minimum Gasteiger partial charge on any atom is -0.461 e. The molecular formula is C20H30N4O3S. The maximum absolute atomic E-state index is 13.0. The summed E-state index contributed by atoms with van der Waals surface area (Å²) < 4.78 is 5.75. The molecule has 0 bridgehead atoms. The number of nitrogens with one attached hydrogen (secondary N) is 1. The Morgan fingerprint density at radius 1 is 1.29 bits per heavy atom. The van der Waals surface area contributed by atoms with Gasteiger partial charge in [-0.3, -0.25) is 14.5 Å². The molecule has 1 unspecified atom stereocenters. The number of hydrogen-bond donors (Lipinski definition) is 1. The van der Waals surface area contributed by atoms with Crippen LogP contribution in [0.2, 0.25) is 0 Å². The summed E-state index contributed by atoms with van der Waals surface area (Å²) >= 11 is 1.42. The zero-order valence-electron chi connectivity index (χ0n) is 16.8. The lowest BCUT2D eigenvalue weighted by molar-refractivity contribution is -0.150. The summed E-state index contributed by atoms with van der Waals surface area (Å²) in [4.78, 5) is 35.0. The smallest absolute Gasteiger partial charge is 0.312 e. The number of esters is 1. The Bertz CT molecular complexity index is 736. The molecule has 0 radical (unpaired) electrons. The maximum atomic E-state index is 13.0. The Morgan fingerprint density at radius 3 is 2.68 bits per heavy atom. The molecule has 0 aromatic carbocycles. The molecule has 0 aliphatic carbocycles. The highest BCUT2D eigenvalue weighted by Gasteiger charge is 2.51. The maximum Gasteiger partial charge on any atom is 0.312 e. The Morgan fingerprint density at radius 2 is 2.00 bits per heavy atom. The summed E-state index contributed by atoms with van der Waals surface area (Å²) in [6.45, 7) is 9.00. The molecule has 1 atom stereocenters. The van der Waals surface area contributed by atoms with Crippen LogP contribution in [0.15, 0.2) is 0 Å². The lowest BCUT2D eigenvalue weighted by atomic mass is 9.76. The first-order valence-electron chi connectivity index (χ1n) is 10.4. The van der Waals surface area contributed by atoms with E-state index < -0.39 is 5.41 Å². The van der Waals surface area contributed by atoms with E-state index in [1.54, 1.807) is 0 Å². The molecule has 1 aromatic heterocycles. The molecule has 1 amide bonds. The molecule has 28 heavy (non-hydrogen) atoms. The molecular weight excluding hydrogens is 376 g/mol. The molecule has 1 aromatic rings. The molecule has 8 heteroatoms. The molecule has 3 aliphatic heterocycles. The lowest BCUT2D eigenvalue weighted by Gasteiger charge is -2.36. The third-order valence-electron chi connectivity index (χ3n) is 6.31. The zero-order valence-corrected chi connectivity index (χ0v) is 17.6. The fraction of sp³-hybridized carbons (Fsp3) is 0.750. The fourth-order valence-corrected chi connectivity index (χ4v) is 5.71. The second-order valence-corrected chi connectivity index (χ2v) is 9.27. The Hall–Kier alpha value is -1.67. The van der Waals surface area contributed by atoms with E-state index in [0.717, 1.165) is 43.4 Å². The summed E-state index contributed by atoms with van der Waals surface area (Å²) in [6.07, 6.45) is 4.70. The first kappa shape index (κ1) is 19.6. The van der Waals surface area contributed by atoms with Crippen LogP contribution >= 0.6 is 11.3 Å². The van der Waals surface area contributed by atoms with Crippen molar-refractivity contribution in [3.05, 3.63) is 10.6 Å². The van der Waals surface area contributed by atoms with E-state index in [1.807, 2.05) is 18.7 Å². The number of cyclic esters (lactones) is 1. The number of amides is 1. The predicted octanol–water partition coefficient (Wildman–Crippen LogP) is 2.52. The molecule has 1 spiro atoms. The molecule has 1 N–H and O–H groups in total. The van der Waals surface area contributed by atoms with Crippen LogP contribution in [0.5, 0.6) is 0 Å². The highest BCUT2D eigenvalue weighted by atomic mass is 32.1. The monoisotopic (exact) mass is 406 g/mol. The summed E-state index contributed by atoms with van der Waals surface area (Å²) in [5.41, 5.74) is 0.385. The van der Waals surface area contributed by atoms with Crippen molar-refractivity contribution in [2.45, 2.75) is 52.1 Å². The number of carbonyl (C=O) groups is 2. The van der Waals surface area contributed by atoms with Gasteiger partial charge in [-0.15, -0.1) is 0 Å². The number of rotatable bonds is 5. The van der Waals surface area contributed by atoms with Gasteiger partial charge in [-0.2, -0.15) is 0 Å². The first-order valence-corrected chi connectivity index (χ1v) is 11.3. The van der Waals surface area contributed by atoms with E-state index in [0.29, 0.717) is 30.8 Å². The zero-order chi connectivity index (χ0) is 19.7. The van der Waals surface area contributed by atoms with Gasteiger partial charge in [0.15, 0.2) is 5.13 Å². The number of piperidine rings is 1. The van der Waals surface area contributed by atoms with E-state index in [2.05, 4.69) is 15.2 Å². The van der Waals surface area contributed by atoms with Crippen molar-refractivity contribution in [3.63, 3.8) is 0 Å². The average molecular weight is 407 g/mol. The van der Waals surface area contributed by atoms with Gasteiger partial charge in [0.05, 0.1) is 11.1 Å². The van der Waals surface area contributed by atoms with Gasteiger partial charge in [-0.1, -0.05) is 11.3 Å². The van der Waals surface area contributed by atoms with Crippen molar-refractivity contribution in [2.75, 3.05) is 44.6 Å². The quantitative estimate of drug-likeness (QED) is 0.758. The van der Waals surface area contributed by atoms with Crippen LogP contribution in [-0.4, -0.2) is 72.0 Å². The second kappa shape index (κ2) is 7.99. The van der Waals surface area contributed by atoms with Crippen LogP contribution in [0.3, 0.4) is 0 Å². The number of aryl methyl sites for hydroxylation is 1. The molecule has 3 aliphatic rings. The van der Waals surface area contributed by atoms with Crippen molar-refractivity contribution in [1.29, 1.82) is 0 Å². The standard InChI is InChI=1S/C20H30N4O3S/c1-3-21-19-22-14(2)16(28-19)17(25)24-10-6-20(7-11-24)12-15(27-18(20)26)13-23-8-4-5-9-23/h15H,3-13H2,1-2H3,(H,21,22). The van der Waals surface area contributed by atoms with E-state index in [9.17, 15) is 9.59 Å². The van der Waals surface area contributed by atoms with Gasteiger partial charge in [0.2, 0.25) is 0 Å². The van der Waals surface area contributed by atoms with Crippen LogP contribution < -0.4 is 5.32 Å². The van der Waals surface area contributed by atoms with Crippen molar-refractivity contribution in [2.24, 2.45) is 5.41 Å². The Balaban J connectivity index is 1.36. The normalized spacial score (nSPS) is 24.7. The van der Waals surface area contributed by atoms with Gasteiger partial charge in [-0.05, 0) is 52.6 Å². The predicted molar refractivity (Wildman–Crippen MR) is 109 cm³/mol. The number of aromatic nitrogens is 1. The summed E-state index contributed by atoms with van der Waals surface area (Å²) in [5, 5.41) is 3.97. The van der Waals surface area contributed by atoms with Crippen molar-refractivity contribution in [3.8, 4) is 0 Å². The SMILES string of the molecule is CCNc1nc(C)c(C(=O)N2CCC3(CC2)CC(CN2CCCC2)OC3=O)s1. The van der Waals surface area contributed by atoms with Gasteiger partial charge in [-0.25, -0.2) is 4.98 Å². The van der Waals surface area contributed by atoms with Crippen molar-refractivity contribution >= 4 is 28.3 Å². The summed E-state index contributed by atoms with van der Waals surface area (Å²) in [6, 6.07) is 0. The molecule has 3 saturated heterocycles.